The minimum absolute atomic E-state index is 0.149. The summed E-state index contributed by atoms with van der Waals surface area (Å²) in [6, 6.07) is 22.5. The average molecular weight is 690 g/mol. The van der Waals surface area contributed by atoms with E-state index in [1.54, 1.807) is 0 Å². The molecule has 0 saturated carbocycles. The maximum absolute atomic E-state index is 13.7. The lowest BCUT2D eigenvalue weighted by Gasteiger charge is -2.33. The summed E-state index contributed by atoms with van der Waals surface area (Å²) in [7, 11) is 2.11. The molecule has 7 rings (SSSR count). The molecule has 1 aliphatic carbocycles. The van der Waals surface area contributed by atoms with Gasteiger partial charge in [0.1, 0.15) is 17.7 Å². The molecule has 2 N–H and O–H groups in total. The number of ether oxygens (including phenoxy) is 1. The van der Waals surface area contributed by atoms with E-state index < -0.39 is 0 Å². The Kier molecular flexibility index (Phi) is 9.74. The van der Waals surface area contributed by atoms with Crippen LogP contribution in [0.25, 0.3) is 11.3 Å². The molecule has 1 unspecified atom stereocenters. The van der Waals surface area contributed by atoms with Gasteiger partial charge in [-0.05, 0) is 93.6 Å². The summed E-state index contributed by atoms with van der Waals surface area (Å²) >= 11 is 0. The van der Waals surface area contributed by atoms with Crippen molar-refractivity contribution in [3.05, 3.63) is 95.3 Å². The van der Waals surface area contributed by atoms with Crippen molar-refractivity contribution in [1.29, 1.82) is 0 Å². The van der Waals surface area contributed by atoms with Gasteiger partial charge in [-0.15, -0.1) is 10.2 Å². The van der Waals surface area contributed by atoms with Gasteiger partial charge in [-0.3, -0.25) is 9.72 Å². The zero-order chi connectivity index (χ0) is 35.7. The minimum atomic E-state index is -0.269. The van der Waals surface area contributed by atoms with Crippen LogP contribution in [0.1, 0.15) is 101 Å². The number of benzene rings is 2. The second-order valence-electron chi connectivity index (χ2n) is 15.2. The first-order chi connectivity index (χ1) is 24.6. The van der Waals surface area contributed by atoms with Gasteiger partial charge >= 0.3 is 6.03 Å². The number of anilines is 2. The Balaban J connectivity index is 1.07. The van der Waals surface area contributed by atoms with Crippen molar-refractivity contribution in [3.8, 4) is 11.4 Å². The summed E-state index contributed by atoms with van der Waals surface area (Å²) in [5, 5.41) is 20.3. The molecular weight excluding hydrogens is 639 g/mol. The van der Waals surface area contributed by atoms with Gasteiger partial charge in [0.15, 0.2) is 5.65 Å². The molecule has 1 aliphatic heterocycles. The number of piperidine rings is 1. The number of carbonyl (C=O) groups is 1. The first kappa shape index (κ1) is 34.5. The number of carbonyl (C=O) groups excluding carboxylic acids is 1. The molecule has 3 aromatic heterocycles. The molecule has 0 radical (unpaired) electrons. The molecule has 51 heavy (non-hydrogen) atoms. The van der Waals surface area contributed by atoms with Crippen LogP contribution < -0.4 is 20.3 Å². The van der Waals surface area contributed by atoms with Crippen molar-refractivity contribution < 1.29 is 9.53 Å². The zero-order valence-electron chi connectivity index (χ0n) is 30.8. The van der Waals surface area contributed by atoms with E-state index in [0.717, 1.165) is 85.2 Å². The number of pyridine rings is 1. The summed E-state index contributed by atoms with van der Waals surface area (Å²) in [4.78, 5) is 18.3. The van der Waals surface area contributed by atoms with Crippen LogP contribution in [0, 0.1) is 0 Å². The molecule has 11 heteroatoms. The largest absolute Gasteiger partial charge is 0.484 e. The van der Waals surface area contributed by atoms with Crippen LogP contribution in [0.15, 0.2) is 72.9 Å². The Labute approximate surface area is 301 Å². The molecule has 11 nitrogen and oxygen atoms in total. The van der Waals surface area contributed by atoms with Gasteiger partial charge in [-0.25, -0.2) is 9.48 Å². The van der Waals surface area contributed by atoms with Gasteiger partial charge in [0, 0.05) is 30.6 Å². The molecule has 1 saturated heterocycles. The average Bonchev–Trinajstić information content (AvgIpc) is 3.74. The first-order valence-electron chi connectivity index (χ1n) is 18.4. The number of hydrogen-bond donors (Lipinski definition) is 2. The smallest absolute Gasteiger partial charge is 0.320 e. The highest BCUT2D eigenvalue weighted by Crippen LogP contribution is 2.39. The van der Waals surface area contributed by atoms with E-state index in [9.17, 15) is 4.79 Å². The fraction of sp³-hybridized carbons (Fsp3) is 0.450. The quantitative estimate of drug-likeness (QED) is 0.163. The third-order valence-corrected chi connectivity index (χ3v) is 10.3. The van der Waals surface area contributed by atoms with Gasteiger partial charge in [0.25, 0.3) is 0 Å². The van der Waals surface area contributed by atoms with E-state index in [2.05, 4.69) is 113 Å². The third-order valence-electron chi connectivity index (χ3n) is 10.3. The van der Waals surface area contributed by atoms with Gasteiger partial charge in [-0.2, -0.15) is 5.10 Å². The van der Waals surface area contributed by atoms with Crippen LogP contribution in [0.4, 0.5) is 16.6 Å². The SMILES string of the molecule is CCN(C)Cc1ccc(-n2nc(C(C)(C)C)cc2NC(=O)N[C@H]2CC[C@@H](Oc3ccc4nnc(N5CCCCC5C)n4c3)c3ccccc32)cc1. The number of aromatic nitrogens is 5. The van der Waals surface area contributed by atoms with Crippen LogP contribution in [0.3, 0.4) is 0 Å². The van der Waals surface area contributed by atoms with E-state index in [-0.39, 0.29) is 23.6 Å². The predicted molar refractivity (Wildman–Crippen MR) is 202 cm³/mol. The lowest BCUT2D eigenvalue weighted by Crippen LogP contribution is -2.38. The Morgan fingerprint density at radius 1 is 0.980 bits per heavy atom. The Bertz CT molecular complexity index is 1980. The number of fused-ring (bicyclic) bond motifs is 2. The zero-order valence-corrected chi connectivity index (χ0v) is 30.8. The van der Waals surface area contributed by atoms with Crippen molar-refractivity contribution >= 4 is 23.4 Å². The van der Waals surface area contributed by atoms with E-state index in [1.807, 2.05) is 41.2 Å². The van der Waals surface area contributed by atoms with Crippen molar-refractivity contribution in [3.63, 3.8) is 0 Å². The van der Waals surface area contributed by atoms with Crippen molar-refractivity contribution in [2.75, 3.05) is 30.4 Å². The first-order valence-corrected chi connectivity index (χ1v) is 18.4. The summed E-state index contributed by atoms with van der Waals surface area (Å²) < 4.78 is 10.6. The Hall–Kier alpha value is -4.90. The Morgan fingerprint density at radius 3 is 2.51 bits per heavy atom. The summed E-state index contributed by atoms with van der Waals surface area (Å²) in [5.74, 6) is 2.27. The van der Waals surface area contributed by atoms with Crippen LogP contribution in [-0.4, -0.2) is 61.5 Å². The minimum Gasteiger partial charge on any atom is -0.484 e. The van der Waals surface area contributed by atoms with Crippen LogP contribution in [0.5, 0.6) is 5.75 Å². The van der Waals surface area contributed by atoms with Crippen molar-refractivity contribution in [1.82, 2.24) is 34.6 Å². The molecule has 2 aromatic carbocycles. The number of nitrogens with one attached hydrogen (secondary N) is 2. The molecule has 0 spiro atoms. The molecule has 0 bridgehead atoms. The number of urea groups is 1. The molecule has 3 atom stereocenters. The summed E-state index contributed by atoms with van der Waals surface area (Å²) in [6.45, 7) is 13.6. The third kappa shape index (κ3) is 7.44. The lowest BCUT2D eigenvalue weighted by atomic mass is 9.85. The highest BCUT2D eigenvalue weighted by atomic mass is 16.5. The van der Waals surface area contributed by atoms with Gasteiger partial charge < -0.3 is 19.9 Å². The summed E-state index contributed by atoms with van der Waals surface area (Å²) in [6.07, 6.45) is 6.92. The topological polar surface area (TPSA) is 105 Å². The van der Waals surface area contributed by atoms with Crippen LogP contribution >= 0.6 is 0 Å². The number of rotatable bonds is 9. The highest BCUT2D eigenvalue weighted by molar-refractivity contribution is 5.89. The number of hydrogen-bond acceptors (Lipinski definition) is 7. The lowest BCUT2D eigenvalue weighted by molar-refractivity contribution is 0.171. The molecule has 2 aliphatic rings. The summed E-state index contributed by atoms with van der Waals surface area (Å²) in [5.41, 5.74) is 5.79. The molecule has 4 heterocycles. The molecule has 2 amide bonds. The fourth-order valence-corrected chi connectivity index (χ4v) is 7.22. The van der Waals surface area contributed by atoms with E-state index in [1.165, 1.54) is 12.0 Å². The van der Waals surface area contributed by atoms with Crippen molar-refractivity contribution in [2.45, 2.75) is 96.9 Å². The van der Waals surface area contributed by atoms with Gasteiger partial charge in [-0.1, -0.05) is 64.1 Å². The second kappa shape index (κ2) is 14.4. The molecule has 5 aromatic rings. The Morgan fingerprint density at radius 2 is 1.76 bits per heavy atom. The van der Waals surface area contributed by atoms with Gasteiger partial charge in [0.05, 0.1) is 23.6 Å². The normalized spacial score (nSPS) is 19.3. The van der Waals surface area contributed by atoms with E-state index >= 15 is 0 Å². The predicted octanol–water partition coefficient (Wildman–Crippen LogP) is 7.82. The second-order valence-corrected chi connectivity index (χ2v) is 15.2. The standard InChI is InChI=1S/C40H51N9O2/c1-7-46(6)25-28-15-17-29(18-16-28)49-37(24-35(45-49)40(3,4)5)42-38(50)41-33-20-21-34(32-14-9-8-13-31(32)33)51-30-19-22-36-43-44-39(48(36)26-30)47-23-11-10-12-27(47)2/h8-9,13-19,22,24,26-27,33-34H,7,10-12,20-21,23,25H2,1-6H3,(H2,41,42,50)/t27?,33-,34+/m0/s1. The monoisotopic (exact) mass is 689 g/mol. The number of nitrogens with zero attached hydrogens (tertiary/aromatic N) is 7. The maximum Gasteiger partial charge on any atom is 0.320 e. The fourth-order valence-electron chi connectivity index (χ4n) is 7.22. The van der Waals surface area contributed by atoms with Crippen molar-refractivity contribution in [2.24, 2.45) is 0 Å². The molecular formula is C40H51N9O2. The molecule has 268 valence electrons. The highest BCUT2D eigenvalue weighted by Gasteiger charge is 2.31. The van der Waals surface area contributed by atoms with Gasteiger partial charge in [0.2, 0.25) is 5.95 Å². The van der Waals surface area contributed by atoms with E-state index in [4.69, 9.17) is 9.84 Å². The van der Waals surface area contributed by atoms with Crippen LogP contribution in [0.2, 0.25) is 0 Å². The van der Waals surface area contributed by atoms with Crippen LogP contribution in [-0.2, 0) is 12.0 Å². The van der Waals surface area contributed by atoms with E-state index in [0.29, 0.717) is 11.9 Å². The number of amides is 2. The maximum atomic E-state index is 13.7. The molecule has 1 fully saturated rings.